The first kappa shape index (κ1) is 12.3. The number of aromatic nitrogens is 5. The smallest absolute Gasteiger partial charge is 0.225 e. The lowest BCUT2D eigenvalue weighted by molar-refractivity contribution is 0.668. The number of imidazole rings is 1. The van der Waals surface area contributed by atoms with E-state index >= 15 is 0 Å². The standard InChI is InChI=1S/C13H15N7/c1-8-16-9-4-2-3-5-10(9)20(8)7-6-11-17-12(14)19-13(15)18-11/h2-5H,6-7H2,1H3,(H4,14,15,17,18,19). The van der Waals surface area contributed by atoms with Gasteiger partial charge < -0.3 is 16.0 Å². The second-order valence-electron chi connectivity index (χ2n) is 4.52. The number of nitrogen functional groups attached to an aromatic ring is 2. The van der Waals surface area contributed by atoms with Crippen LogP contribution in [-0.4, -0.2) is 24.5 Å². The maximum atomic E-state index is 5.57. The summed E-state index contributed by atoms with van der Waals surface area (Å²) in [7, 11) is 0. The molecule has 0 radical (unpaired) electrons. The molecule has 102 valence electrons. The van der Waals surface area contributed by atoms with Crippen LogP contribution in [0.2, 0.25) is 0 Å². The van der Waals surface area contributed by atoms with Crippen molar-refractivity contribution in [3.05, 3.63) is 35.9 Å². The van der Waals surface area contributed by atoms with E-state index in [-0.39, 0.29) is 11.9 Å². The summed E-state index contributed by atoms with van der Waals surface area (Å²) < 4.78 is 2.13. The molecule has 0 saturated carbocycles. The summed E-state index contributed by atoms with van der Waals surface area (Å²) in [6.45, 7) is 2.70. The monoisotopic (exact) mass is 269 g/mol. The van der Waals surface area contributed by atoms with Gasteiger partial charge in [-0.3, -0.25) is 0 Å². The molecule has 0 atom stereocenters. The van der Waals surface area contributed by atoms with E-state index in [1.165, 1.54) is 0 Å². The van der Waals surface area contributed by atoms with Gasteiger partial charge in [0.1, 0.15) is 11.6 Å². The summed E-state index contributed by atoms with van der Waals surface area (Å²) in [5, 5.41) is 0. The summed E-state index contributed by atoms with van der Waals surface area (Å²) >= 11 is 0. The first-order chi connectivity index (χ1) is 9.63. The van der Waals surface area contributed by atoms with Crippen molar-refractivity contribution < 1.29 is 0 Å². The molecule has 20 heavy (non-hydrogen) atoms. The summed E-state index contributed by atoms with van der Waals surface area (Å²) in [5.74, 6) is 1.85. The Balaban J connectivity index is 1.88. The van der Waals surface area contributed by atoms with E-state index in [2.05, 4.69) is 24.5 Å². The van der Waals surface area contributed by atoms with Gasteiger partial charge >= 0.3 is 0 Å². The minimum atomic E-state index is 0.153. The van der Waals surface area contributed by atoms with Crippen LogP contribution < -0.4 is 11.5 Å². The van der Waals surface area contributed by atoms with Gasteiger partial charge in [-0.25, -0.2) is 4.98 Å². The van der Waals surface area contributed by atoms with Crippen molar-refractivity contribution in [1.29, 1.82) is 0 Å². The van der Waals surface area contributed by atoms with Gasteiger partial charge in [-0.05, 0) is 19.1 Å². The fourth-order valence-corrected chi connectivity index (χ4v) is 2.26. The number of anilines is 2. The maximum absolute atomic E-state index is 5.57. The number of nitrogens with two attached hydrogens (primary N) is 2. The van der Waals surface area contributed by atoms with Crippen molar-refractivity contribution in [2.24, 2.45) is 0 Å². The zero-order valence-electron chi connectivity index (χ0n) is 11.1. The first-order valence-electron chi connectivity index (χ1n) is 6.31. The molecule has 0 amide bonds. The molecule has 0 spiro atoms. The Morgan fingerprint density at radius 2 is 1.70 bits per heavy atom. The number of para-hydroxylation sites is 2. The van der Waals surface area contributed by atoms with Gasteiger partial charge in [0.25, 0.3) is 0 Å². The zero-order valence-corrected chi connectivity index (χ0v) is 11.1. The Morgan fingerprint density at radius 3 is 2.45 bits per heavy atom. The minimum Gasteiger partial charge on any atom is -0.368 e. The third kappa shape index (κ3) is 2.25. The highest BCUT2D eigenvalue weighted by atomic mass is 15.1. The van der Waals surface area contributed by atoms with Gasteiger partial charge in [0, 0.05) is 13.0 Å². The number of benzene rings is 1. The molecular weight excluding hydrogens is 254 g/mol. The Kier molecular flexibility index (Phi) is 2.94. The van der Waals surface area contributed by atoms with Crippen LogP contribution >= 0.6 is 0 Å². The quantitative estimate of drug-likeness (QED) is 0.732. The minimum absolute atomic E-state index is 0.153. The number of rotatable bonds is 3. The van der Waals surface area contributed by atoms with Crippen molar-refractivity contribution in [1.82, 2.24) is 24.5 Å². The van der Waals surface area contributed by atoms with Crippen LogP contribution in [0.15, 0.2) is 24.3 Å². The summed E-state index contributed by atoms with van der Waals surface area (Å²) in [5.41, 5.74) is 13.2. The van der Waals surface area contributed by atoms with Crippen molar-refractivity contribution >= 4 is 22.9 Å². The van der Waals surface area contributed by atoms with E-state index in [1.807, 2.05) is 31.2 Å². The Morgan fingerprint density at radius 1 is 1.00 bits per heavy atom. The molecule has 3 aromatic rings. The van der Waals surface area contributed by atoms with E-state index < -0.39 is 0 Å². The van der Waals surface area contributed by atoms with Crippen molar-refractivity contribution in [3.63, 3.8) is 0 Å². The predicted molar refractivity (Wildman–Crippen MR) is 76.8 cm³/mol. The Hall–Kier alpha value is -2.70. The molecular formula is C13H15N7. The lowest BCUT2D eigenvalue weighted by Gasteiger charge is -2.06. The number of aryl methyl sites for hydroxylation is 3. The SMILES string of the molecule is Cc1nc2ccccc2n1CCc1nc(N)nc(N)n1. The summed E-state index contributed by atoms with van der Waals surface area (Å²) in [6.07, 6.45) is 0.623. The molecule has 0 aliphatic heterocycles. The summed E-state index contributed by atoms with van der Waals surface area (Å²) in [4.78, 5) is 16.5. The highest BCUT2D eigenvalue weighted by Crippen LogP contribution is 2.15. The fraction of sp³-hybridized carbons (Fsp3) is 0.231. The second kappa shape index (κ2) is 4.76. The van der Waals surface area contributed by atoms with Crippen LogP contribution in [0, 0.1) is 6.92 Å². The number of nitrogens with zero attached hydrogens (tertiary/aromatic N) is 5. The second-order valence-corrected chi connectivity index (χ2v) is 4.52. The van der Waals surface area contributed by atoms with Crippen LogP contribution in [0.4, 0.5) is 11.9 Å². The molecule has 0 fully saturated rings. The maximum Gasteiger partial charge on any atom is 0.225 e. The fourth-order valence-electron chi connectivity index (χ4n) is 2.26. The Bertz CT molecular complexity index is 742. The third-order valence-electron chi connectivity index (χ3n) is 3.12. The van der Waals surface area contributed by atoms with Gasteiger partial charge in [-0.2, -0.15) is 15.0 Å². The lowest BCUT2D eigenvalue weighted by Crippen LogP contribution is -2.10. The van der Waals surface area contributed by atoms with Gasteiger partial charge in [0.05, 0.1) is 11.0 Å². The highest BCUT2D eigenvalue weighted by molar-refractivity contribution is 5.75. The number of fused-ring (bicyclic) bond motifs is 1. The van der Waals surface area contributed by atoms with Crippen molar-refractivity contribution in [2.75, 3.05) is 11.5 Å². The van der Waals surface area contributed by atoms with Crippen LogP contribution in [0.25, 0.3) is 11.0 Å². The van der Waals surface area contributed by atoms with E-state index in [1.54, 1.807) is 0 Å². The molecule has 2 heterocycles. The van der Waals surface area contributed by atoms with Crippen LogP contribution in [0.1, 0.15) is 11.6 Å². The van der Waals surface area contributed by atoms with Crippen LogP contribution in [0.5, 0.6) is 0 Å². The topological polar surface area (TPSA) is 109 Å². The molecule has 0 unspecified atom stereocenters. The average Bonchev–Trinajstić information content (AvgIpc) is 2.71. The van der Waals surface area contributed by atoms with Gasteiger partial charge in [0.15, 0.2) is 0 Å². The molecule has 0 aliphatic rings. The van der Waals surface area contributed by atoms with Gasteiger partial charge in [-0.15, -0.1) is 0 Å². The van der Waals surface area contributed by atoms with Gasteiger partial charge in [0.2, 0.25) is 11.9 Å². The number of hydrogen-bond acceptors (Lipinski definition) is 6. The largest absolute Gasteiger partial charge is 0.368 e. The zero-order chi connectivity index (χ0) is 14.1. The van der Waals surface area contributed by atoms with E-state index in [0.717, 1.165) is 23.4 Å². The molecule has 2 aromatic heterocycles. The van der Waals surface area contributed by atoms with Gasteiger partial charge in [-0.1, -0.05) is 12.1 Å². The van der Waals surface area contributed by atoms with E-state index in [4.69, 9.17) is 11.5 Å². The predicted octanol–water partition coefficient (Wildman–Crippen LogP) is 0.937. The van der Waals surface area contributed by atoms with Crippen molar-refractivity contribution in [3.8, 4) is 0 Å². The normalized spacial score (nSPS) is 11.1. The number of hydrogen-bond donors (Lipinski definition) is 2. The first-order valence-corrected chi connectivity index (χ1v) is 6.31. The molecule has 1 aromatic carbocycles. The molecule has 7 nitrogen and oxygen atoms in total. The van der Waals surface area contributed by atoms with Crippen LogP contribution in [-0.2, 0) is 13.0 Å². The average molecular weight is 269 g/mol. The van der Waals surface area contributed by atoms with E-state index in [0.29, 0.717) is 12.2 Å². The molecule has 0 aliphatic carbocycles. The molecule has 4 N–H and O–H groups in total. The molecule has 7 heteroatoms. The lowest BCUT2D eigenvalue weighted by atomic mass is 10.3. The summed E-state index contributed by atoms with van der Waals surface area (Å²) in [6, 6.07) is 8.02. The Labute approximate surface area is 115 Å². The highest BCUT2D eigenvalue weighted by Gasteiger charge is 2.08. The van der Waals surface area contributed by atoms with Crippen molar-refractivity contribution in [2.45, 2.75) is 19.9 Å². The molecule has 0 bridgehead atoms. The van der Waals surface area contributed by atoms with E-state index in [9.17, 15) is 0 Å². The third-order valence-corrected chi connectivity index (χ3v) is 3.12. The molecule has 3 rings (SSSR count). The molecule has 0 saturated heterocycles. The van der Waals surface area contributed by atoms with Crippen LogP contribution in [0.3, 0.4) is 0 Å².